The number of nitrogens with zero attached hydrogens (tertiary/aromatic N) is 1. The molecule has 1 aromatic heterocycles. The average molecular weight is 336 g/mol. The van der Waals surface area contributed by atoms with Gasteiger partial charge in [0.2, 0.25) is 5.91 Å². The van der Waals surface area contributed by atoms with Crippen molar-refractivity contribution in [3.63, 3.8) is 0 Å². The van der Waals surface area contributed by atoms with Crippen LogP contribution in [0.15, 0.2) is 42.6 Å². The number of halogens is 3. The first-order valence-corrected chi connectivity index (χ1v) is 6.95. The van der Waals surface area contributed by atoms with E-state index in [0.29, 0.717) is 6.20 Å². The monoisotopic (exact) mass is 336 g/mol. The molecule has 1 N–H and O–H groups in total. The number of benzene rings is 1. The number of ether oxygens (including phenoxy) is 1. The van der Waals surface area contributed by atoms with Crippen molar-refractivity contribution in [1.82, 2.24) is 4.98 Å². The van der Waals surface area contributed by atoms with E-state index in [0.717, 1.165) is 11.6 Å². The molecule has 0 saturated carbocycles. The molecule has 1 atom stereocenters. The molecular weight excluding hydrogens is 325 g/mol. The van der Waals surface area contributed by atoms with Crippen molar-refractivity contribution in [2.45, 2.75) is 18.7 Å². The summed E-state index contributed by atoms with van der Waals surface area (Å²) >= 11 is 0. The third-order valence-electron chi connectivity index (χ3n) is 3.50. The molecule has 3 rings (SSSR count). The lowest BCUT2D eigenvalue weighted by Gasteiger charge is -2.10. The fourth-order valence-corrected chi connectivity index (χ4v) is 2.32. The SMILES string of the molecule is O=C1Nc2cc(C(F)(F)F)cnc2[C@@H]1C(=O)OCc1ccccc1. The van der Waals surface area contributed by atoms with Gasteiger partial charge in [-0.3, -0.25) is 14.6 Å². The fraction of sp³-hybridized carbons (Fsp3) is 0.188. The van der Waals surface area contributed by atoms with E-state index < -0.39 is 29.5 Å². The Labute approximate surface area is 134 Å². The molecule has 0 fully saturated rings. The lowest BCUT2D eigenvalue weighted by atomic mass is 10.1. The summed E-state index contributed by atoms with van der Waals surface area (Å²) in [5.41, 5.74) is -0.466. The topological polar surface area (TPSA) is 68.3 Å². The number of carbonyl (C=O) groups is 2. The quantitative estimate of drug-likeness (QED) is 0.691. The summed E-state index contributed by atoms with van der Waals surface area (Å²) < 4.78 is 43.1. The van der Waals surface area contributed by atoms with Crippen LogP contribution in [0.3, 0.4) is 0 Å². The van der Waals surface area contributed by atoms with Crippen molar-refractivity contribution < 1.29 is 27.5 Å². The van der Waals surface area contributed by atoms with Gasteiger partial charge < -0.3 is 10.1 Å². The van der Waals surface area contributed by atoms with E-state index in [1.165, 1.54) is 0 Å². The fourth-order valence-electron chi connectivity index (χ4n) is 2.32. The molecule has 1 aromatic carbocycles. The van der Waals surface area contributed by atoms with E-state index in [-0.39, 0.29) is 18.0 Å². The molecule has 124 valence electrons. The van der Waals surface area contributed by atoms with Gasteiger partial charge in [0.15, 0.2) is 5.92 Å². The number of hydrogen-bond acceptors (Lipinski definition) is 4. The third kappa shape index (κ3) is 3.08. The highest BCUT2D eigenvalue weighted by Crippen LogP contribution is 2.36. The normalized spacial score (nSPS) is 16.5. The Kier molecular flexibility index (Phi) is 3.96. The van der Waals surface area contributed by atoms with Crippen LogP contribution >= 0.6 is 0 Å². The predicted octanol–water partition coefficient (Wildman–Crippen LogP) is 2.88. The molecule has 0 saturated heterocycles. The Bertz CT molecular complexity index is 791. The van der Waals surface area contributed by atoms with E-state index in [9.17, 15) is 22.8 Å². The zero-order valence-electron chi connectivity index (χ0n) is 12.1. The summed E-state index contributed by atoms with van der Waals surface area (Å²) in [6, 6.07) is 9.56. The average Bonchev–Trinajstić information content (AvgIpc) is 2.87. The van der Waals surface area contributed by atoms with Crippen LogP contribution in [-0.2, 0) is 27.1 Å². The van der Waals surface area contributed by atoms with E-state index in [1.807, 2.05) is 0 Å². The molecule has 0 bridgehead atoms. The first kappa shape index (κ1) is 16.0. The maximum Gasteiger partial charge on any atom is 0.417 e. The van der Waals surface area contributed by atoms with Gasteiger partial charge in [-0.2, -0.15) is 13.2 Å². The van der Waals surface area contributed by atoms with E-state index in [1.54, 1.807) is 30.3 Å². The third-order valence-corrected chi connectivity index (χ3v) is 3.50. The van der Waals surface area contributed by atoms with Crippen LogP contribution in [-0.4, -0.2) is 16.9 Å². The van der Waals surface area contributed by atoms with Crippen LogP contribution < -0.4 is 5.32 Å². The zero-order chi connectivity index (χ0) is 17.3. The highest BCUT2D eigenvalue weighted by Gasteiger charge is 2.41. The van der Waals surface area contributed by atoms with Gasteiger partial charge in [-0.05, 0) is 11.6 Å². The van der Waals surface area contributed by atoms with Crippen molar-refractivity contribution >= 4 is 17.6 Å². The predicted molar refractivity (Wildman–Crippen MR) is 76.8 cm³/mol. The van der Waals surface area contributed by atoms with Crippen LogP contribution in [0.5, 0.6) is 0 Å². The molecule has 2 heterocycles. The van der Waals surface area contributed by atoms with Crippen LogP contribution in [0.25, 0.3) is 0 Å². The minimum Gasteiger partial charge on any atom is -0.460 e. The van der Waals surface area contributed by atoms with Crippen molar-refractivity contribution in [3.8, 4) is 0 Å². The molecule has 1 aliphatic rings. The van der Waals surface area contributed by atoms with E-state index in [4.69, 9.17) is 4.74 Å². The van der Waals surface area contributed by atoms with Gasteiger partial charge in [0.25, 0.3) is 0 Å². The molecule has 8 heteroatoms. The first-order valence-electron chi connectivity index (χ1n) is 6.95. The van der Waals surface area contributed by atoms with Gasteiger partial charge in [0, 0.05) is 6.20 Å². The molecule has 1 aliphatic heterocycles. The van der Waals surface area contributed by atoms with Gasteiger partial charge in [-0.1, -0.05) is 30.3 Å². The molecule has 2 aromatic rings. The highest BCUT2D eigenvalue weighted by atomic mass is 19.4. The van der Waals surface area contributed by atoms with Crippen molar-refractivity contribution in [2.24, 2.45) is 0 Å². The molecule has 5 nitrogen and oxygen atoms in total. The van der Waals surface area contributed by atoms with Crippen LogP contribution in [0.2, 0.25) is 0 Å². The molecule has 0 aliphatic carbocycles. The summed E-state index contributed by atoms with van der Waals surface area (Å²) in [5, 5.41) is 2.24. The van der Waals surface area contributed by atoms with Gasteiger partial charge in [-0.15, -0.1) is 0 Å². The van der Waals surface area contributed by atoms with Gasteiger partial charge in [0.1, 0.15) is 6.61 Å². The van der Waals surface area contributed by atoms with Crippen LogP contribution in [0.4, 0.5) is 18.9 Å². The maximum absolute atomic E-state index is 12.7. The number of fused-ring (bicyclic) bond motifs is 1. The molecule has 24 heavy (non-hydrogen) atoms. The second kappa shape index (κ2) is 5.95. The minimum absolute atomic E-state index is 0.0422. The Morgan fingerprint density at radius 2 is 1.96 bits per heavy atom. The smallest absolute Gasteiger partial charge is 0.417 e. The number of aromatic nitrogens is 1. The maximum atomic E-state index is 12.7. The van der Waals surface area contributed by atoms with Crippen molar-refractivity contribution in [2.75, 3.05) is 5.32 Å². The van der Waals surface area contributed by atoms with Gasteiger partial charge in [0.05, 0.1) is 16.9 Å². The van der Waals surface area contributed by atoms with E-state index >= 15 is 0 Å². The molecular formula is C16H11F3N2O3. The largest absolute Gasteiger partial charge is 0.460 e. The van der Waals surface area contributed by atoms with Crippen molar-refractivity contribution in [3.05, 3.63) is 59.4 Å². The Balaban J connectivity index is 1.78. The number of pyridine rings is 1. The summed E-state index contributed by atoms with van der Waals surface area (Å²) in [4.78, 5) is 27.7. The molecule has 0 unspecified atom stereocenters. The Hall–Kier alpha value is -2.90. The van der Waals surface area contributed by atoms with E-state index in [2.05, 4.69) is 10.3 Å². The molecule has 0 spiro atoms. The van der Waals surface area contributed by atoms with Gasteiger partial charge in [-0.25, -0.2) is 0 Å². The standard InChI is InChI=1S/C16H11F3N2O3/c17-16(18,19)10-6-11-13(20-7-10)12(14(22)21-11)15(23)24-8-9-4-2-1-3-5-9/h1-7,12H,8H2,(H,21,22)/t12-/m0/s1. The summed E-state index contributed by atoms with van der Waals surface area (Å²) in [7, 11) is 0. The number of hydrogen-bond donors (Lipinski definition) is 1. The Morgan fingerprint density at radius 1 is 1.25 bits per heavy atom. The van der Waals surface area contributed by atoms with Crippen LogP contribution in [0, 0.1) is 0 Å². The van der Waals surface area contributed by atoms with Crippen molar-refractivity contribution in [1.29, 1.82) is 0 Å². The van der Waals surface area contributed by atoms with Crippen LogP contribution in [0.1, 0.15) is 22.7 Å². The summed E-state index contributed by atoms with van der Waals surface area (Å²) in [6.07, 6.45) is -3.99. The number of anilines is 1. The summed E-state index contributed by atoms with van der Waals surface area (Å²) in [6.45, 7) is -0.0422. The lowest BCUT2D eigenvalue weighted by molar-refractivity contribution is -0.148. The molecule has 1 amide bonds. The Morgan fingerprint density at radius 3 is 2.62 bits per heavy atom. The lowest BCUT2D eigenvalue weighted by Crippen LogP contribution is -2.23. The highest BCUT2D eigenvalue weighted by molar-refractivity contribution is 6.14. The number of amides is 1. The number of rotatable bonds is 3. The second-order valence-corrected chi connectivity index (χ2v) is 5.17. The number of nitrogens with one attached hydrogen (secondary N) is 1. The molecule has 0 radical (unpaired) electrons. The van der Waals surface area contributed by atoms with Gasteiger partial charge >= 0.3 is 12.1 Å². The first-order chi connectivity index (χ1) is 11.4. The second-order valence-electron chi connectivity index (χ2n) is 5.17. The number of alkyl halides is 3. The number of carbonyl (C=O) groups excluding carboxylic acids is 2. The minimum atomic E-state index is -4.58. The number of esters is 1. The zero-order valence-corrected chi connectivity index (χ0v) is 12.1. The summed E-state index contributed by atoms with van der Waals surface area (Å²) in [5.74, 6) is -2.98.